The van der Waals surface area contributed by atoms with Crippen molar-refractivity contribution in [2.75, 3.05) is 5.75 Å². The molecule has 2 aromatic carbocycles. The van der Waals surface area contributed by atoms with E-state index in [1.807, 2.05) is 12.1 Å². The highest BCUT2D eigenvalue weighted by Gasteiger charge is 2.27. The van der Waals surface area contributed by atoms with E-state index in [-0.39, 0.29) is 0 Å². The Balaban J connectivity index is 2.00. The molecular weight excluding hydrogens is 258 g/mol. The van der Waals surface area contributed by atoms with Gasteiger partial charge in [-0.1, -0.05) is 30.3 Å². The largest absolute Gasteiger partial charge is 0.480 e. The van der Waals surface area contributed by atoms with Gasteiger partial charge in [-0.05, 0) is 36.2 Å². The van der Waals surface area contributed by atoms with E-state index < -0.39 is 11.5 Å². The minimum absolute atomic E-state index is 0.444. The number of aliphatic carboxylic acids is 1. The monoisotopic (exact) mass is 275 g/mol. The Hall–Kier alpha value is -1.52. The molecule has 0 saturated heterocycles. The van der Waals surface area contributed by atoms with Gasteiger partial charge in [-0.2, -0.15) is 0 Å². The zero-order chi connectivity index (χ0) is 13.9. The van der Waals surface area contributed by atoms with Crippen LogP contribution in [0, 0.1) is 0 Å². The van der Waals surface area contributed by atoms with Crippen LogP contribution in [0.15, 0.2) is 47.4 Å². The molecule has 0 heterocycles. The zero-order valence-corrected chi connectivity index (χ0v) is 11.6. The fourth-order valence-electron chi connectivity index (χ4n) is 1.75. The highest BCUT2D eigenvalue weighted by molar-refractivity contribution is 7.99. The van der Waals surface area contributed by atoms with Gasteiger partial charge in [0.2, 0.25) is 0 Å². The Morgan fingerprint density at radius 2 is 1.95 bits per heavy atom. The molecule has 0 radical (unpaired) electrons. The number of hydrogen-bond donors (Lipinski definition) is 2. The lowest BCUT2D eigenvalue weighted by molar-refractivity contribution is -0.142. The van der Waals surface area contributed by atoms with Gasteiger partial charge >= 0.3 is 5.97 Å². The maximum absolute atomic E-state index is 10.9. The molecular formula is C15H17NO2S. The molecule has 1 atom stereocenters. The Kier molecular flexibility index (Phi) is 4.12. The molecule has 0 aliphatic rings. The first-order chi connectivity index (χ1) is 8.99. The van der Waals surface area contributed by atoms with Crippen molar-refractivity contribution in [2.24, 2.45) is 5.73 Å². The van der Waals surface area contributed by atoms with Crippen molar-refractivity contribution in [3.05, 3.63) is 42.5 Å². The first-order valence-corrected chi connectivity index (χ1v) is 7.11. The summed E-state index contributed by atoms with van der Waals surface area (Å²) in [5, 5.41) is 11.4. The van der Waals surface area contributed by atoms with Gasteiger partial charge in [-0.3, -0.25) is 4.79 Å². The van der Waals surface area contributed by atoms with Crippen LogP contribution in [-0.4, -0.2) is 22.4 Å². The number of rotatable bonds is 5. The van der Waals surface area contributed by atoms with E-state index in [9.17, 15) is 4.79 Å². The van der Waals surface area contributed by atoms with Crippen LogP contribution in [0.1, 0.15) is 13.3 Å². The van der Waals surface area contributed by atoms with Crippen LogP contribution in [0.5, 0.6) is 0 Å². The fraction of sp³-hybridized carbons (Fsp3) is 0.267. The normalized spacial score (nSPS) is 14.2. The van der Waals surface area contributed by atoms with Crippen molar-refractivity contribution in [1.82, 2.24) is 0 Å². The summed E-state index contributed by atoms with van der Waals surface area (Å²) in [5.74, 6) is -0.260. The third-order valence-electron chi connectivity index (χ3n) is 3.10. The Bertz CT molecular complexity index is 595. The summed E-state index contributed by atoms with van der Waals surface area (Å²) in [6, 6.07) is 14.4. The summed E-state index contributed by atoms with van der Waals surface area (Å²) in [4.78, 5) is 12.0. The predicted molar refractivity (Wildman–Crippen MR) is 79.5 cm³/mol. The molecule has 3 nitrogen and oxygen atoms in total. The average Bonchev–Trinajstić information content (AvgIpc) is 2.38. The zero-order valence-electron chi connectivity index (χ0n) is 10.8. The average molecular weight is 275 g/mol. The summed E-state index contributed by atoms with van der Waals surface area (Å²) in [7, 11) is 0. The molecule has 0 bridgehead atoms. The topological polar surface area (TPSA) is 63.3 Å². The summed E-state index contributed by atoms with van der Waals surface area (Å²) in [5.41, 5.74) is 4.55. The van der Waals surface area contributed by atoms with Gasteiger partial charge in [-0.25, -0.2) is 0 Å². The van der Waals surface area contributed by atoms with E-state index in [1.54, 1.807) is 18.7 Å². The summed E-state index contributed by atoms with van der Waals surface area (Å²) < 4.78 is 0. The van der Waals surface area contributed by atoms with Gasteiger partial charge in [0.1, 0.15) is 5.54 Å². The Morgan fingerprint density at radius 3 is 2.63 bits per heavy atom. The maximum atomic E-state index is 10.9. The number of carboxylic acids is 1. The molecule has 1 unspecified atom stereocenters. The van der Waals surface area contributed by atoms with Crippen molar-refractivity contribution >= 4 is 28.5 Å². The lowest BCUT2D eigenvalue weighted by atomic mass is 10.0. The highest BCUT2D eigenvalue weighted by atomic mass is 32.2. The van der Waals surface area contributed by atoms with E-state index in [2.05, 4.69) is 30.3 Å². The van der Waals surface area contributed by atoms with E-state index in [0.29, 0.717) is 12.2 Å². The van der Waals surface area contributed by atoms with Gasteiger partial charge in [-0.15, -0.1) is 11.8 Å². The van der Waals surface area contributed by atoms with Crippen molar-refractivity contribution in [2.45, 2.75) is 23.8 Å². The predicted octanol–water partition coefficient (Wildman–Crippen LogP) is 3.12. The van der Waals surface area contributed by atoms with Crippen LogP contribution in [0.3, 0.4) is 0 Å². The van der Waals surface area contributed by atoms with Gasteiger partial charge in [0.25, 0.3) is 0 Å². The molecule has 0 amide bonds. The van der Waals surface area contributed by atoms with Crippen LogP contribution in [0.2, 0.25) is 0 Å². The molecule has 0 saturated carbocycles. The molecule has 0 aliphatic carbocycles. The van der Waals surface area contributed by atoms with E-state index in [1.165, 1.54) is 10.8 Å². The number of carbonyl (C=O) groups is 1. The van der Waals surface area contributed by atoms with E-state index in [4.69, 9.17) is 10.8 Å². The number of thioether (sulfide) groups is 1. The lowest BCUT2D eigenvalue weighted by Crippen LogP contribution is -2.45. The summed E-state index contributed by atoms with van der Waals surface area (Å²) >= 11 is 1.64. The van der Waals surface area contributed by atoms with Gasteiger partial charge in [0, 0.05) is 10.6 Å². The highest BCUT2D eigenvalue weighted by Crippen LogP contribution is 2.25. The van der Waals surface area contributed by atoms with Gasteiger partial charge < -0.3 is 10.8 Å². The van der Waals surface area contributed by atoms with Crippen LogP contribution in [-0.2, 0) is 4.79 Å². The minimum atomic E-state index is -1.15. The third kappa shape index (κ3) is 3.49. The number of hydrogen-bond acceptors (Lipinski definition) is 3. The minimum Gasteiger partial charge on any atom is -0.480 e. The maximum Gasteiger partial charge on any atom is 0.323 e. The Labute approximate surface area is 116 Å². The first-order valence-electron chi connectivity index (χ1n) is 6.13. The molecule has 100 valence electrons. The smallest absolute Gasteiger partial charge is 0.323 e. The second kappa shape index (κ2) is 5.63. The summed E-state index contributed by atoms with van der Waals surface area (Å²) in [6.45, 7) is 1.55. The molecule has 19 heavy (non-hydrogen) atoms. The lowest BCUT2D eigenvalue weighted by Gasteiger charge is -2.18. The molecule has 2 rings (SSSR count). The number of nitrogens with two attached hydrogens (primary N) is 1. The SMILES string of the molecule is CC(N)(CCSc1ccc2ccccc2c1)C(=O)O. The fourth-order valence-corrected chi connectivity index (χ4v) is 2.88. The number of benzene rings is 2. The Morgan fingerprint density at radius 1 is 1.26 bits per heavy atom. The molecule has 0 spiro atoms. The summed E-state index contributed by atoms with van der Waals surface area (Å²) in [6.07, 6.45) is 0.444. The molecule has 0 fully saturated rings. The van der Waals surface area contributed by atoms with E-state index >= 15 is 0 Å². The second-order valence-corrected chi connectivity index (χ2v) is 6.00. The van der Waals surface area contributed by atoms with E-state index in [0.717, 1.165) is 4.90 Å². The second-order valence-electron chi connectivity index (χ2n) is 4.83. The molecule has 2 aromatic rings. The van der Waals surface area contributed by atoms with Crippen molar-refractivity contribution < 1.29 is 9.90 Å². The quantitative estimate of drug-likeness (QED) is 0.823. The van der Waals surface area contributed by atoms with Crippen molar-refractivity contribution in [3.63, 3.8) is 0 Å². The third-order valence-corrected chi connectivity index (χ3v) is 4.10. The molecule has 4 heteroatoms. The van der Waals surface area contributed by atoms with Gasteiger partial charge in [0.15, 0.2) is 0 Å². The number of fused-ring (bicyclic) bond motifs is 1. The van der Waals surface area contributed by atoms with Gasteiger partial charge in [0.05, 0.1) is 0 Å². The van der Waals surface area contributed by atoms with Crippen LogP contribution >= 0.6 is 11.8 Å². The molecule has 3 N–H and O–H groups in total. The number of carboxylic acid groups (broad SMARTS) is 1. The van der Waals surface area contributed by atoms with Crippen LogP contribution in [0.25, 0.3) is 10.8 Å². The molecule has 0 aromatic heterocycles. The molecule has 0 aliphatic heterocycles. The first kappa shape index (κ1) is 13.9. The standard InChI is InChI=1S/C15H17NO2S/c1-15(16,14(17)18)8-9-19-13-7-6-11-4-2-3-5-12(11)10-13/h2-7,10H,8-9,16H2,1H3,(H,17,18). The van der Waals surface area contributed by atoms with Crippen LogP contribution in [0.4, 0.5) is 0 Å². The van der Waals surface area contributed by atoms with Crippen molar-refractivity contribution in [1.29, 1.82) is 0 Å². The van der Waals surface area contributed by atoms with Crippen molar-refractivity contribution in [3.8, 4) is 0 Å². The van der Waals surface area contributed by atoms with Crippen LogP contribution < -0.4 is 5.73 Å².